The van der Waals surface area contributed by atoms with Crippen LogP contribution in [0.3, 0.4) is 0 Å². The number of aliphatic imine (C=N–C) groups is 1. The Morgan fingerprint density at radius 2 is 2.19 bits per heavy atom. The third kappa shape index (κ3) is 7.17. The Morgan fingerprint density at radius 3 is 2.75 bits per heavy atom. The topological polar surface area (TPSA) is 118 Å². The van der Waals surface area contributed by atoms with E-state index in [1.54, 1.807) is 4.90 Å². The minimum absolute atomic E-state index is 0. The summed E-state index contributed by atoms with van der Waals surface area (Å²) in [4.78, 5) is 25.7. The van der Waals surface area contributed by atoms with E-state index in [-0.39, 0.29) is 49.4 Å². The normalized spacial score (nSPS) is 17.3. The zero-order valence-electron chi connectivity index (χ0n) is 18.3. The van der Waals surface area contributed by atoms with Crippen LogP contribution in [0.25, 0.3) is 0 Å². The number of hydrogen-bond acceptors (Lipinski definition) is 7. The van der Waals surface area contributed by atoms with E-state index in [1.807, 2.05) is 0 Å². The summed E-state index contributed by atoms with van der Waals surface area (Å²) in [6, 6.07) is 0. The van der Waals surface area contributed by atoms with Crippen LogP contribution in [-0.2, 0) is 4.74 Å². The SMILES string of the molecule is C/C=C(/OCC1CCCN(C(=O)c2cnc(N)c(C=N)n2)C1)C(=NCC)C(F)(F)F.C=C.[HH]. The van der Waals surface area contributed by atoms with Crippen LogP contribution in [0.2, 0.25) is 0 Å². The molecule has 1 aromatic heterocycles. The van der Waals surface area contributed by atoms with Crippen LogP contribution in [0, 0.1) is 11.3 Å². The number of alkyl halides is 3. The summed E-state index contributed by atoms with van der Waals surface area (Å²) in [5.74, 6) is -0.768. The van der Waals surface area contributed by atoms with E-state index in [2.05, 4.69) is 28.1 Å². The molecule has 32 heavy (non-hydrogen) atoms. The van der Waals surface area contributed by atoms with Crippen LogP contribution < -0.4 is 5.73 Å². The molecule has 3 N–H and O–H groups in total. The third-order valence-electron chi connectivity index (χ3n) is 4.55. The number of nitrogens with one attached hydrogen (secondary N) is 1. The number of nitrogen functional groups attached to an aromatic ring is 1. The fraction of sp³-hybridized carbons (Fsp3) is 0.476. The summed E-state index contributed by atoms with van der Waals surface area (Å²) >= 11 is 0. The summed E-state index contributed by atoms with van der Waals surface area (Å²) in [5.41, 5.74) is 4.73. The molecule has 1 amide bonds. The number of anilines is 1. The molecule has 1 saturated heterocycles. The van der Waals surface area contributed by atoms with Gasteiger partial charge >= 0.3 is 6.18 Å². The number of likely N-dealkylation sites (tertiary alicyclic amines) is 1. The van der Waals surface area contributed by atoms with Crippen LogP contribution in [-0.4, -0.2) is 65.1 Å². The van der Waals surface area contributed by atoms with Crippen LogP contribution in [0.1, 0.15) is 44.3 Å². The lowest BCUT2D eigenvalue weighted by Gasteiger charge is -2.32. The molecule has 1 unspecified atom stereocenters. The fourth-order valence-electron chi connectivity index (χ4n) is 3.13. The number of piperidine rings is 1. The molecule has 2 heterocycles. The number of nitrogens with zero attached hydrogens (tertiary/aromatic N) is 4. The lowest BCUT2D eigenvalue weighted by Crippen LogP contribution is -2.42. The lowest BCUT2D eigenvalue weighted by molar-refractivity contribution is -0.0612. The lowest BCUT2D eigenvalue weighted by atomic mass is 9.98. The van der Waals surface area contributed by atoms with Crippen molar-refractivity contribution in [2.24, 2.45) is 10.9 Å². The summed E-state index contributed by atoms with van der Waals surface area (Å²) in [5, 5.41) is 7.28. The summed E-state index contributed by atoms with van der Waals surface area (Å²) < 4.78 is 45.1. The maximum atomic E-state index is 13.2. The molecule has 2 rings (SSSR count). The molecule has 1 aromatic rings. The van der Waals surface area contributed by atoms with Crippen LogP contribution >= 0.6 is 0 Å². The van der Waals surface area contributed by atoms with Crippen molar-refractivity contribution in [3.8, 4) is 0 Å². The maximum absolute atomic E-state index is 13.2. The molecule has 8 nitrogen and oxygen atoms in total. The quantitative estimate of drug-likeness (QED) is 0.367. The smallest absolute Gasteiger partial charge is 0.436 e. The van der Waals surface area contributed by atoms with E-state index in [1.165, 1.54) is 26.1 Å². The van der Waals surface area contributed by atoms with Gasteiger partial charge in [-0.2, -0.15) is 13.2 Å². The molecule has 0 spiro atoms. The number of carbonyl (C=O) groups is 1. The molecule has 1 aliphatic heterocycles. The van der Waals surface area contributed by atoms with E-state index in [4.69, 9.17) is 15.9 Å². The summed E-state index contributed by atoms with van der Waals surface area (Å²) in [6.07, 6.45) is 0.204. The van der Waals surface area contributed by atoms with E-state index in [0.29, 0.717) is 25.9 Å². The fourth-order valence-corrected chi connectivity index (χ4v) is 3.13. The standard InChI is InChI=1S/C19H25F3N6O2.C2H4.H2/c1-3-15(16(25-4-2)19(20,21)22)30-11-12-6-5-7-28(10-12)18(29)14-9-26-17(24)13(8-23)27-14;1-2;/h3,8-9,12,23H,4-7,10-11H2,1-2H3,(H2,24,26);1-2H2;1H/b15-3+,23-8?,25-16?;;. The van der Waals surface area contributed by atoms with Crippen LogP contribution in [0.5, 0.6) is 0 Å². The first-order valence-electron chi connectivity index (χ1n) is 10.0. The third-order valence-corrected chi connectivity index (χ3v) is 4.55. The largest absolute Gasteiger partial charge is 0.491 e. The molecule has 1 fully saturated rings. The first-order valence-corrected chi connectivity index (χ1v) is 10.0. The number of halogens is 3. The van der Waals surface area contributed by atoms with Crippen molar-refractivity contribution < 1.29 is 24.1 Å². The van der Waals surface area contributed by atoms with Gasteiger partial charge in [0.15, 0.2) is 11.5 Å². The highest BCUT2D eigenvalue weighted by molar-refractivity contribution is 6.02. The number of nitrogens with two attached hydrogens (primary N) is 1. The summed E-state index contributed by atoms with van der Waals surface area (Å²) in [7, 11) is 0. The van der Waals surface area contributed by atoms with Crippen molar-refractivity contribution in [1.29, 1.82) is 5.41 Å². The monoisotopic (exact) mass is 456 g/mol. The van der Waals surface area contributed by atoms with Gasteiger partial charge in [-0.15, -0.1) is 13.2 Å². The predicted molar refractivity (Wildman–Crippen MR) is 120 cm³/mol. The molecule has 0 saturated carbocycles. The van der Waals surface area contributed by atoms with Gasteiger partial charge in [0, 0.05) is 33.2 Å². The Morgan fingerprint density at radius 1 is 1.50 bits per heavy atom. The zero-order valence-corrected chi connectivity index (χ0v) is 18.3. The predicted octanol–water partition coefficient (Wildman–Crippen LogP) is 3.90. The van der Waals surface area contributed by atoms with Crippen molar-refractivity contribution in [1.82, 2.24) is 14.9 Å². The van der Waals surface area contributed by atoms with E-state index >= 15 is 0 Å². The molecule has 0 aromatic carbocycles. The molecule has 0 aliphatic carbocycles. The Balaban J connectivity index is 0.00000332. The molecule has 11 heteroatoms. The van der Waals surface area contributed by atoms with Gasteiger partial charge in [0.2, 0.25) is 0 Å². The van der Waals surface area contributed by atoms with Gasteiger partial charge < -0.3 is 20.8 Å². The molecule has 0 radical (unpaired) electrons. The highest BCUT2D eigenvalue weighted by Gasteiger charge is 2.39. The first kappa shape index (κ1) is 26.8. The summed E-state index contributed by atoms with van der Waals surface area (Å²) in [6.45, 7) is 9.80. The number of allylic oxidation sites excluding steroid dienone is 2. The molecule has 0 bridgehead atoms. The number of rotatable bonds is 7. The van der Waals surface area contributed by atoms with E-state index < -0.39 is 11.9 Å². The average Bonchev–Trinajstić information content (AvgIpc) is 2.79. The number of aromatic nitrogens is 2. The van der Waals surface area contributed by atoms with Gasteiger partial charge in [-0.1, -0.05) is 0 Å². The Labute approximate surface area is 187 Å². The van der Waals surface area contributed by atoms with Gasteiger partial charge in [0.25, 0.3) is 5.91 Å². The number of amides is 1. The van der Waals surface area contributed by atoms with Crippen molar-refractivity contribution in [3.05, 3.63) is 42.6 Å². The zero-order chi connectivity index (χ0) is 24.3. The molecule has 178 valence electrons. The second kappa shape index (κ2) is 12.6. The van der Waals surface area contributed by atoms with Gasteiger partial charge in [-0.05, 0) is 32.8 Å². The van der Waals surface area contributed by atoms with Gasteiger partial charge in [-0.25, -0.2) is 9.97 Å². The highest BCUT2D eigenvalue weighted by Crippen LogP contribution is 2.25. The average molecular weight is 457 g/mol. The molecule has 1 aliphatic rings. The molecular weight excluding hydrogens is 425 g/mol. The van der Waals surface area contributed by atoms with Gasteiger partial charge in [0.05, 0.1) is 12.8 Å². The van der Waals surface area contributed by atoms with E-state index in [9.17, 15) is 18.0 Å². The van der Waals surface area contributed by atoms with Crippen LogP contribution in [0.4, 0.5) is 19.0 Å². The second-order valence-corrected chi connectivity index (χ2v) is 6.71. The highest BCUT2D eigenvalue weighted by atomic mass is 19.4. The number of ether oxygens (including phenoxy) is 1. The molecule has 1 atom stereocenters. The Hall–Kier alpha value is -3.24. The first-order chi connectivity index (χ1) is 15.2. The Kier molecular flexibility index (Phi) is 10.5. The van der Waals surface area contributed by atoms with Gasteiger partial charge in [-0.3, -0.25) is 9.79 Å². The Bertz CT molecular complexity index is 861. The van der Waals surface area contributed by atoms with E-state index in [0.717, 1.165) is 6.21 Å². The van der Waals surface area contributed by atoms with Gasteiger partial charge in [0.1, 0.15) is 17.1 Å². The maximum Gasteiger partial charge on any atom is 0.436 e. The number of hydrogen-bond donors (Lipinski definition) is 2. The van der Waals surface area contributed by atoms with Crippen molar-refractivity contribution >= 4 is 23.7 Å². The minimum Gasteiger partial charge on any atom is -0.491 e. The van der Waals surface area contributed by atoms with Crippen molar-refractivity contribution in [2.75, 3.05) is 32.0 Å². The minimum atomic E-state index is -4.60. The van der Waals surface area contributed by atoms with Crippen LogP contribution in [0.15, 0.2) is 36.2 Å². The van der Waals surface area contributed by atoms with Crippen molar-refractivity contribution in [3.63, 3.8) is 0 Å². The van der Waals surface area contributed by atoms with Crippen molar-refractivity contribution in [2.45, 2.75) is 32.9 Å². The molecular formula is C21H31F3N6O2. The second-order valence-electron chi connectivity index (χ2n) is 6.71. The number of carbonyl (C=O) groups excluding carboxylic acids is 1.